The molecule has 0 bridgehead atoms. The van der Waals surface area contributed by atoms with Gasteiger partial charge in [0.2, 0.25) is 0 Å². The van der Waals surface area contributed by atoms with Gasteiger partial charge in [-0.25, -0.2) is 4.79 Å². The fourth-order valence-corrected chi connectivity index (χ4v) is 2.38. The number of benzene rings is 2. The summed E-state index contributed by atoms with van der Waals surface area (Å²) in [6.45, 7) is 4.84. The Hall–Kier alpha value is -2.86. The molecular weight excluding hydrogens is 368 g/mol. The average Bonchev–Trinajstić information content (AvgIpc) is 2.63. The number of rotatable bonds is 6. The molecule has 0 aromatic heterocycles. The maximum Gasteiger partial charge on any atom is 0.328 e. The number of ether oxygens (including phenoxy) is 1. The van der Waals surface area contributed by atoms with E-state index in [1.807, 2.05) is 32.0 Å². The zero-order chi connectivity index (χ0) is 20.0. The maximum absolute atomic E-state index is 12.1. The summed E-state index contributed by atoms with van der Waals surface area (Å²) in [5, 5.41) is 5.73. The van der Waals surface area contributed by atoms with Crippen molar-refractivity contribution in [2.24, 2.45) is 0 Å². The lowest BCUT2D eigenvalue weighted by atomic mass is 10.1. The molecule has 1 atom stereocenters. The molecule has 0 spiro atoms. The number of anilines is 1. The van der Waals surface area contributed by atoms with Gasteiger partial charge in [-0.3, -0.25) is 9.59 Å². The van der Waals surface area contributed by atoms with Crippen molar-refractivity contribution in [3.05, 3.63) is 64.2 Å². The van der Waals surface area contributed by atoms with E-state index in [2.05, 4.69) is 10.6 Å². The molecule has 0 saturated heterocycles. The number of nitrogens with one attached hydrogen (secondary N) is 2. The lowest BCUT2D eigenvalue weighted by Crippen LogP contribution is -2.40. The van der Waals surface area contributed by atoms with Gasteiger partial charge in [0.15, 0.2) is 6.61 Å². The van der Waals surface area contributed by atoms with E-state index < -0.39 is 30.4 Å². The van der Waals surface area contributed by atoms with Gasteiger partial charge in [0.05, 0.1) is 0 Å². The monoisotopic (exact) mass is 388 g/mol. The van der Waals surface area contributed by atoms with Crippen LogP contribution in [0.25, 0.3) is 0 Å². The average molecular weight is 389 g/mol. The molecule has 142 valence electrons. The third-order valence-electron chi connectivity index (χ3n) is 3.82. The van der Waals surface area contributed by atoms with Crippen molar-refractivity contribution in [2.75, 3.05) is 11.9 Å². The second-order valence-electron chi connectivity index (χ2n) is 6.18. The van der Waals surface area contributed by atoms with Crippen LogP contribution in [0.1, 0.15) is 28.4 Å². The molecule has 6 nitrogen and oxygen atoms in total. The lowest BCUT2D eigenvalue weighted by Gasteiger charge is -2.14. The lowest BCUT2D eigenvalue weighted by molar-refractivity contribution is -0.148. The number of hydrogen-bond donors (Lipinski definition) is 2. The Labute approximate surface area is 162 Å². The van der Waals surface area contributed by atoms with Gasteiger partial charge in [-0.2, -0.15) is 0 Å². The third-order valence-corrected chi connectivity index (χ3v) is 4.07. The van der Waals surface area contributed by atoms with E-state index in [-0.39, 0.29) is 0 Å². The number of carbonyl (C=O) groups is 3. The Bertz CT molecular complexity index is 850. The van der Waals surface area contributed by atoms with Gasteiger partial charge in [0, 0.05) is 16.3 Å². The molecule has 2 aromatic rings. The van der Waals surface area contributed by atoms with E-state index in [1.54, 1.807) is 24.3 Å². The summed E-state index contributed by atoms with van der Waals surface area (Å²) < 4.78 is 4.98. The van der Waals surface area contributed by atoms with Gasteiger partial charge in [0.1, 0.15) is 6.04 Å². The van der Waals surface area contributed by atoms with Crippen molar-refractivity contribution < 1.29 is 19.1 Å². The van der Waals surface area contributed by atoms with Gasteiger partial charge in [0.25, 0.3) is 11.8 Å². The Morgan fingerprint density at radius 3 is 2.41 bits per heavy atom. The van der Waals surface area contributed by atoms with Crippen molar-refractivity contribution in [1.82, 2.24) is 5.32 Å². The maximum atomic E-state index is 12.1. The van der Waals surface area contributed by atoms with E-state index in [1.165, 1.54) is 6.92 Å². The SMILES string of the molecule is Cc1ccc(C)c(NC(=O)COC(=O)[C@H](C)NC(=O)c2ccc(Cl)cc2)c1. The number of aryl methyl sites for hydroxylation is 2. The van der Waals surface area contributed by atoms with Crippen LogP contribution in [0.3, 0.4) is 0 Å². The van der Waals surface area contributed by atoms with E-state index in [0.29, 0.717) is 16.3 Å². The highest BCUT2D eigenvalue weighted by Gasteiger charge is 2.19. The summed E-state index contributed by atoms with van der Waals surface area (Å²) in [6.07, 6.45) is 0. The summed E-state index contributed by atoms with van der Waals surface area (Å²) in [5.74, 6) is -1.59. The molecule has 0 heterocycles. The van der Waals surface area contributed by atoms with Gasteiger partial charge in [-0.05, 0) is 62.2 Å². The summed E-state index contributed by atoms with van der Waals surface area (Å²) in [6, 6.07) is 11.0. The molecule has 2 amide bonds. The van der Waals surface area contributed by atoms with Crippen molar-refractivity contribution in [2.45, 2.75) is 26.8 Å². The predicted molar refractivity (Wildman–Crippen MR) is 104 cm³/mol. The Morgan fingerprint density at radius 2 is 1.74 bits per heavy atom. The van der Waals surface area contributed by atoms with Crippen LogP contribution in [0.2, 0.25) is 5.02 Å². The zero-order valence-corrected chi connectivity index (χ0v) is 16.1. The quantitative estimate of drug-likeness (QED) is 0.744. The van der Waals surface area contributed by atoms with Crippen molar-refractivity contribution in [3.8, 4) is 0 Å². The summed E-state index contributed by atoms with van der Waals surface area (Å²) >= 11 is 5.78. The van der Waals surface area contributed by atoms with Gasteiger partial charge in [-0.1, -0.05) is 23.7 Å². The molecule has 0 aliphatic carbocycles. The molecule has 2 rings (SSSR count). The highest BCUT2D eigenvalue weighted by atomic mass is 35.5. The Morgan fingerprint density at radius 1 is 1.07 bits per heavy atom. The Balaban J connectivity index is 1.83. The minimum Gasteiger partial charge on any atom is -0.454 e. The number of amides is 2. The topological polar surface area (TPSA) is 84.5 Å². The van der Waals surface area contributed by atoms with E-state index in [9.17, 15) is 14.4 Å². The van der Waals surface area contributed by atoms with Crippen LogP contribution in [0.5, 0.6) is 0 Å². The molecule has 7 heteroatoms. The highest BCUT2D eigenvalue weighted by molar-refractivity contribution is 6.30. The van der Waals surface area contributed by atoms with Crippen LogP contribution in [0.4, 0.5) is 5.69 Å². The number of esters is 1. The van der Waals surface area contributed by atoms with Crippen molar-refractivity contribution in [3.63, 3.8) is 0 Å². The molecular formula is C20H21ClN2O4. The van der Waals surface area contributed by atoms with Gasteiger partial charge in [-0.15, -0.1) is 0 Å². The number of carbonyl (C=O) groups excluding carboxylic acids is 3. The van der Waals surface area contributed by atoms with Crippen LogP contribution in [0.15, 0.2) is 42.5 Å². The van der Waals surface area contributed by atoms with E-state index in [4.69, 9.17) is 16.3 Å². The normalized spacial score (nSPS) is 11.4. The van der Waals surface area contributed by atoms with Crippen LogP contribution < -0.4 is 10.6 Å². The fraction of sp³-hybridized carbons (Fsp3) is 0.250. The van der Waals surface area contributed by atoms with Crippen molar-refractivity contribution in [1.29, 1.82) is 0 Å². The van der Waals surface area contributed by atoms with Crippen LogP contribution in [-0.2, 0) is 14.3 Å². The first-order valence-corrected chi connectivity index (χ1v) is 8.74. The molecule has 0 aliphatic heterocycles. The van der Waals surface area contributed by atoms with E-state index in [0.717, 1.165) is 11.1 Å². The molecule has 0 aliphatic rings. The van der Waals surface area contributed by atoms with Crippen LogP contribution >= 0.6 is 11.6 Å². The molecule has 0 radical (unpaired) electrons. The second kappa shape index (κ2) is 9.19. The first kappa shape index (κ1) is 20.5. The molecule has 2 aromatic carbocycles. The first-order chi connectivity index (χ1) is 12.8. The Kier molecular flexibility index (Phi) is 6.96. The third kappa shape index (κ3) is 6.11. The second-order valence-corrected chi connectivity index (χ2v) is 6.61. The molecule has 0 saturated carbocycles. The minimum atomic E-state index is -0.901. The van der Waals surface area contributed by atoms with Crippen LogP contribution in [-0.4, -0.2) is 30.4 Å². The molecule has 2 N–H and O–H groups in total. The minimum absolute atomic E-state index is 0.367. The number of hydrogen-bond acceptors (Lipinski definition) is 4. The highest BCUT2D eigenvalue weighted by Crippen LogP contribution is 2.16. The zero-order valence-electron chi connectivity index (χ0n) is 15.3. The van der Waals surface area contributed by atoms with Gasteiger partial charge >= 0.3 is 5.97 Å². The van der Waals surface area contributed by atoms with Crippen molar-refractivity contribution >= 4 is 35.1 Å². The largest absolute Gasteiger partial charge is 0.454 e. The van der Waals surface area contributed by atoms with Crippen LogP contribution in [0, 0.1) is 13.8 Å². The van der Waals surface area contributed by atoms with E-state index >= 15 is 0 Å². The fourth-order valence-electron chi connectivity index (χ4n) is 2.26. The summed E-state index contributed by atoms with van der Waals surface area (Å²) in [5.41, 5.74) is 2.95. The first-order valence-electron chi connectivity index (χ1n) is 8.36. The standard InChI is InChI=1S/C20H21ClN2O4/c1-12-4-5-13(2)17(10-12)23-18(24)11-27-20(26)14(3)22-19(25)15-6-8-16(21)9-7-15/h4-10,14H,11H2,1-3H3,(H,22,25)(H,23,24)/t14-/m0/s1. The molecule has 0 fully saturated rings. The summed E-state index contributed by atoms with van der Waals surface area (Å²) in [7, 11) is 0. The summed E-state index contributed by atoms with van der Waals surface area (Å²) in [4.78, 5) is 36.1. The number of halogens is 1. The smallest absolute Gasteiger partial charge is 0.328 e. The van der Waals surface area contributed by atoms with Gasteiger partial charge < -0.3 is 15.4 Å². The molecule has 27 heavy (non-hydrogen) atoms. The molecule has 0 unspecified atom stereocenters. The predicted octanol–water partition coefficient (Wildman–Crippen LogP) is 3.26.